The van der Waals surface area contributed by atoms with Gasteiger partial charge in [-0.1, -0.05) is 125 Å². The summed E-state index contributed by atoms with van der Waals surface area (Å²) >= 11 is 0. The normalized spacial score (nSPS) is 12.2. The van der Waals surface area contributed by atoms with E-state index in [1.807, 2.05) is 0 Å². The van der Waals surface area contributed by atoms with Crippen LogP contribution in [0.1, 0.15) is 116 Å². The molecule has 0 aliphatic heterocycles. The molecule has 0 aliphatic rings. The first-order chi connectivity index (χ1) is 17.7. The first-order valence-electron chi connectivity index (χ1n) is 14.2. The van der Waals surface area contributed by atoms with Crippen LogP contribution in [0.2, 0.25) is 0 Å². The topological polar surface area (TPSA) is 52.6 Å². The fraction of sp³-hybridized carbons (Fsp3) is 0.625. The number of hydrogen-bond acceptors (Lipinski definition) is 4. The van der Waals surface area contributed by atoms with Crippen molar-refractivity contribution in [1.82, 2.24) is 0 Å². The van der Waals surface area contributed by atoms with Gasteiger partial charge in [0.15, 0.2) is 0 Å². The molecule has 36 heavy (non-hydrogen) atoms. The highest BCUT2D eigenvalue weighted by molar-refractivity contribution is 5.69. The van der Waals surface area contributed by atoms with Crippen LogP contribution in [0.5, 0.6) is 0 Å². The Labute approximate surface area is 221 Å². The second-order valence-corrected chi connectivity index (χ2v) is 9.19. The van der Waals surface area contributed by atoms with E-state index in [4.69, 9.17) is 0 Å². The number of ether oxygens (including phenoxy) is 2. The molecule has 4 nitrogen and oxygen atoms in total. The van der Waals surface area contributed by atoms with Crippen molar-refractivity contribution in [2.45, 2.75) is 116 Å². The predicted molar refractivity (Wildman–Crippen MR) is 153 cm³/mol. The second kappa shape index (κ2) is 28.9. The average molecular weight is 501 g/mol. The van der Waals surface area contributed by atoms with Crippen LogP contribution in [0.4, 0.5) is 0 Å². The maximum absolute atomic E-state index is 11.0. The molecular formula is C32H52O4. The quantitative estimate of drug-likeness (QED) is 0.0753. The molecule has 204 valence electrons. The van der Waals surface area contributed by atoms with Gasteiger partial charge in [-0.15, -0.1) is 0 Å². The third kappa shape index (κ3) is 27.9. The summed E-state index contributed by atoms with van der Waals surface area (Å²) in [6, 6.07) is 0. The zero-order valence-electron chi connectivity index (χ0n) is 23.1. The first-order valence-corrected chi connectivity index (χ1v) is 14.2. The third-order valence-electron chi connectivity index (χ3n) is 6.01. The predicted octanol–water partition coefficient (Wildman–Crippen LogP) is 9.14. The number of hydrogen-bond donors (Lipinski definition) is 0. The Morgan fingerprint density at radius 2 is 0.694 bits per heavy atom. The van der Waals surface area contributed by atoms with Gasteiger partial charge in [-0.05, 0) is 38.5 Å². The van der Waals surface area contributed by atoms with Crippen LogP contribution in [0.15, 0.2) is 60.8 Å². The molecule has 0 atom stereocenters. The molecule has 0 unspecified atom stereocenters. The summed E-state index contributed by atoms with van der Waals surface area (Å²) in [4.78, 5) is 22.0. The monoisotopic (exact) mass is 500 g/mol. The molecule has 0 heterocycles. The molecule has 0 aliphatic carbocycles. The van der Waals surface area contributed by atoms with Crippen LogP contribution >= 0.6 is 0 Å². The van der Waals surface area contributed by atoms with Gasteiger partial charge in [-0.25, -0.2) is 0 Å². The van der Waals surface area contributed by atoms with Crippen LogP contribution in [0, 0.1) is 0 Å². The lowest BCUT2D eigenvalue weighted by Crippen LogP contribution is -1.99. The summed E-state index contributed by atoms with van der Waals surface area (Å²) in [7, 11) is 2.90. The molecule has 0 radical (unpaired) electrons. The Morgan fingerprint density at radius 3 is 1.03 bits per heavy atom. The fourth-order valence-corrected chi connectivity index (χ4v) is 3.77. The van der Waals surface area contributed by atoms with E-state index in [-0.39, 0.29) is 11.9 Å². The van der Waals surface area contributed by atoms with Gasteiger partial charge in [0.25, 0.3) is 0 Å². The van der Waals surface area contributed by atoms with Crippen molar-refractivity contribution in [3.8, 4) is 0 Å². The number of esters is 2. The summed E-state index contributed by atoms with van der Waals surface area (Å²) in [6.45, 7) is 0. The number of rotatable bonds is 24. The summed E-state index contributed by atoms with van der Waals surface area (Å²) in [5, 5.41) is 0. The Morgan fingerprint density at radius 1 is 0.417 bits per heavy atom. The van der Waals surface area contributed by atoms with Gasteiger partial charge in [0.05, 0.1) is 14.2 Å². The van der Waals surface area contributed by atoms with Crippen LogP contribution in [0.25, 0.3) is 0 Å². The molecule has 4 heteroatoms. The van der Waals surface area contributed by atoms with E-state index >= 15 is 0 Å². The summed E-state index contributed by atoms with van der Waals surface area (Å²) < 4.78 is 9.30. The van der Waals surface area contributed by atoms with Crippen LogP contribution in [-0.4, -0.2) is 26.2 Å². The largest absolute Gasteiger partial charge is 0.469 e. The molecule has 0 spiro atoms. The van der Waals surface area contributed by atoms with Gasteiger partial charge in [0.1, 0.15) is 0 Å². The molecule has 0 N–H and O–H groups in total. The second-order valence-electron chi connectivity index (χ2n) is 9.19. The highest BCUT2D eigenvalue weighted by Gasteiger charge is 1.99. The van der Waals surface area contributed by atoms with Gasteiger partial charge in [-0.2, -0.15) is 0 Å². The van der Waals surface area contributed by atoms with Gasteiger partial charge < -0.3 is 9.47 Å². The lowest BCUT2D eigenvalue weighted by Gasteiger charge is -2.01. The molecular weight excluding hydrogens is 448 g/mol. The Kier molecular flexibility index (Phi) is 27.0. The maximum Gasteiger partial charge on any atom is 0.305 e. The Bertz CT molecular complexity index is 599. The molecule has 0 bridgehead atoms. The van der Waals surface area contributed by atoms with E-state index in [0.717, 1.165) is 38.5 Å². The number of carbonyl (C=O) groups excluding carboxylic acids is 2. The van der Waals surface area contributed by atoms with Crippen molar-refractivity contribution >= 4 is 11.9 Å². The van der Waals surface area contributed by atoms with Gasteiger partial charge >= 0.3 is 11.9 Å². The van der Waals surface area contributed by atoms with E-state index < -0.39 is 0 Å². The van der Waals surface area contributed by atoms with Gasteiger partial charge in [-0.3, -0.25) is 9.59 Å². The summed E-state index contributed by atoms with van der Waals surface area (Å²) in [5.74, 6) is -0.182. The van der Waals surface area contributed by atoms with Gasteiger partial charge in [0.2, 0.25) is 0 Å². The molecule has 0 aromatic carbocycles. The molecule has 0 fully saturated rings. The molecule has 0 aromatic heterocycles. The highest BCUT2D eigenvalue weighted by atomic mass is 16.5. The Hall–Kier alpha value is -2.36. The minimum Gasteiger partial charge on any atom is -0.469 e. The van der Waals surface area contributed by atoms with E-state index in [2.05, 4.69) is 70.2 Å². The zero-order valence-corrected chi connectivity index (χ0v) is 23.1. The highest BCUT2D eigenvalue weighted by Crippen LogP contribution is 2.11. The van der Waals surface area contributed by atoms with Crippen molar-refractivity contribution in [3.05, 3.63) is 60.8 Å². The zero-order chi connectivity index (χ0) is 26.4. The van der Waals surface area contributed by atoms with Crippen LogP contribution in [0.3, 0.4) is 0 Å². The van der Waals surface area contributed by atoms with Crippen LogP contribution < -0.4 is 0 Å². The van der Waals surface area contributed by atoms with E-state index in [0.29, 0.717) is 12.8 Å². The van der Waals surface area contributed by atoms with Crippen molar-refractivity contribution in [1.29, 1.82) is 0 Å². The number of allylic oxidation sites excluding steroid dienone is 10. The average Bonchev–Trinajstić information content (AvgIpc) is 2.89. The third-order valence-corrected chi connectivity index (χ3v) is 6.01. The minimum atomic E-state index is -0.0912. The molecule has 0 saturated carbocycles. The van der Waals surface area contributed by atoms with Gasteiger partial charge in [0, 0.05) is 12.8 Å². The van der Waals surface area contributed by atoms with Crippen molar-refractivity contribution in [2.75, 3.05) is 14.2 Å². The smallest absolute Gasteiger partial charge is 0.305 e. The van der Waals surface area contributed by atoms with Crippen molar-refractivity contribution in [3.63, 3.8) is 0 Å². The number of unbranched alkanes of at least 4 members (excludes halogenated alkanes) is 14. The maximum atomic E-state index is 11.0. The fourth-order valence-electron chi connectivity index (χ4n) is 3.77. The molecule has 0 saturated heterocycles. The molecule has 0 rings (SSSR count). The van der Waals surface area contributed by atoms with Crippen LogP contribution in [-0.2, 0) is 19.1 Å². The lowest BCUT2D eigenvalue weighted by atomic mass is 10.1. The lowest BCUT2D eigenvalue weighted by molar-refractivity contribution is -0.141. The first kappa shape index (κ1) is 33.6. The van der Waals surface area contributed by atoms with Crippen molar-refractivity contribution in [2.24, 2.45) is 0 Å². The Balaban J connectivity index is 3.44. The van der Waals surface area contributed by atoms with E-state index in [9.17, 15) is 9.59 Å². The van der Waals surface area contributed by atoms with E-state index in [1.165, 1.54) is 78.4 Å². The molecule has 0 aromatic rings. The summed E-state index contributed by atoms with van der Waals surface area (Å²) in [6.07, 6.45) is 41.3. The standard InChI is InChI=1S/C32H52O4/c1-35-31(33)29-27-25-23-21-19-17-15-13-11-9-7-5-3-4-6-8-10-12-14-16-18-20-22-24-26-28-30-32(34)36-2/h3-12H,13-30H2,1-2H3/b4-3+,7-5+,8-6+,11-9+,12-10+. The SMILES string of the molecule is COC(=O)CCCCCCCCC/C=C/C=C/C=C/C=C/C=C/CCCCCCCCCC(=O)OC. The minimum absolute atomic E-state index is 0.0912. The molecule has 0 amide bonds. The van der Waals surface area contributed by atoms with Crippen molar-refractivity contribution < 1.29 is 19.1 Å². The summed E-state index contributed by atoms with van der Waals surface area (Å²) in [5.41, 5.74) is 0. The number of carbonyl (C=O) groups is 2. The number of methoxy groups -OCH3 is 2. The van der Waals surface area contributed by atoms with E-state index in [1.54, 1.807) is 0 Å².